The van der Waals surface area contributed by atoms with Crippen LogP contribution >= 0.6 is 34.5 Å². The summed E-state index contributed by atoms with van der Waals surface area (Å²) in [5.74, 6) is 1.70. The SMILES string of the molecule is COCCn1c(-c2cc(OC)c(OC)c(OC)c2)csc1=Nc1ccc(Cl)cc1Cl. The molecule has 0 saturated carbocycles. The molecule has 0 spiro atoms. The summed E-state index contributed by atoms with van der Waals surface area (Å²) in [4.78, 5) is 5.53. The van der Waals surface area contributed by atoms with Gasteiger partial charge in [-0.1, -0.05) is 23.2 Å². The highest BCUT2D eigenvalue weighted by molar-refractivity contribution is 7.07. The zero-order chi connectivity index (χ0) is 21.7. The number of hydrogen-bond acceptors (Lipinski definition) is 6. The van der Waals surface area contributed by atoms with E-state index in [0.717, 1.165) is 16.1 Å². The van der Waals surface area contributed by atoms with Gasteiger partial charge in [0.15, 0.2) is 16.3 Å². The number of nitrogens with zero attached hydrogens (tertiary/aromatic N) is 2. The fourth-order valence-corrected chi connectivity index (χ4v) is 4.35. The maximum atomic E-state index is 6.32. The Hall–Kier alpha value is -2.19. The maximum Gasteiger partial charge on any atom is 0.203 e. The molecule has 0 fully saturated rings. The van der Waals surface area contributed by atoms with E-state index in [0.29, 0.717) is 46.1 Å². The molecule has 3 aromatic rings. The molecule has 2 aromatic carbocycles. The van der Waals surface area contributed by atoms with Crippen LogP contribution in [0.2, 0.25) is 10.0 Å². The predicted octanol–water partition coefficient (Wildman–Crippen LogP) is 5.43. The number of rotatable bonds is 8. The molecule has 3 rings (SSSR count). The molecule has 9 heteroatoms. The first-order valence-corrected chi connectivity index (χ1v) is 10.6. The summed E-state index contributed by atoms with van der Waals surface area (Å²) in [6.07, 6.45) is 0. The molecule has 0 amide bonds. The molecule has 0 aliphatic carbocycles. The van der Waals surface area contributed by atoms with Gasteiger partial charge in [-0.2, -0.15) is 0 Å². The lowest BCUT2D eigenvalue weighted by Gasteiger charge is -2.15. The molecule has 0 aliphatic heterocycles. The molecule has 0 saturated heterocycles. The van der Waals surface area contributed by atoms with Crippen LogP contribution in [0.15, 0.2) is 40.7 Å². The highest BCUT2D eigenvalue weighted by atomic mass is 35.5. The summed E-state index contributed by atoms with van der Waals surface area (Å²) >= 11 is 13.8. The van der Waals surface area contributed by atoms with Gasteiger partial charge in [0.1, 0.15) is 0 Å². The molecule has 0 unspecified atom stereocenters. The molecule has 0 radical (unpaired) electrons. The van der Waals surface area contributed by atoms with Gasteiger partial charge in [0, 0.05) is 29.6 Å². The van der Waals surface area contributed by atoms with Crippen molar-refractivity contribution in [3.05, 3.63) is 50.6 Å². The van der Waals surface area contributed by atoms with E-state index < -0.39 is 0 Å². The normalized spacial score (nSPS) is 11.6. The van der Waals surface area contributed by atoms with Crippen molar-refractivity contribution in [1.82, 2.24) is 4.57 Å². The minimum atomic E-state index is 0.489. The van der Waals surface area contributed by atoms with Crippen LogP contribution in [-0.2, 0) is 11.3 Å². The van der Waals surface area contributed by atoms with Crippen LogP contribution in [0.1, 0.15) is 0 Å². The molecular formula is C21H22Cl2N2O4S. The lowest BCUT2D eigenvalue weighted by molar-refractivity contribution is 0.187. The van der Waals surface area contributed by atoms with Crippen molar-refractivity contribution in [1.29, 1.82) is 0 Å². The average molecular weight is 469 g/mol. The van der Waals surface area contributed by atoms with Crippen LogP contribution in [0.4, 0.5) is 5.69 Å². The number of hydrogen-bond donors (Lipinski definition) is 0. The standard InChI is InChI=1S/C21H22Cl2N2O4S/c1-26-8-7-25-17(13-9-18(27-2)20(29-4)19(10-13)28-3)12-30-21(25)24-16-6-5-14(22)11-15(16)23/h5-6,9-12H,7-8H2,1-4H3. The van der Waals surface area contributed by atoms with E-state index in [4.69, 9.17) is 47.1 Å². The van der Waals surface area contributed by atoms with Crippen LogP contribution < -0.4 is 19.0 Å². The number of benzene rings is 2. The topological polar surface area (TPSA) is 54.2 Å². The Morgan fingerprint density at radius 3 is 2.23 bits per heavy atom. The number of halogens is 2. The van der Waals surface area contributed by atoms with E-state index in [-0.39, 0.29) is 0 Å². The van der Waals surface area contributed by atoms with Crippen LogP contribution in [0.5, 0.6) is 17.2 Å². The van der Waals surface area contributed by atoms with E-state index in [1.165, 1.54) is 11.3 Å². The average Bonchev–Trinajstić information content (AvgIpc) is 3.15. The summed E-state index contributed by atoms with van der Waals surface area (Å²) in [7, 11) is 6.43. The Labute approximate surface area is 189 Å². The van der Waals surface area contributed by atoms with Gasteiger partial charge in [0.2, 0.25) is 5.75 Å². The molecular weight excluding hydrogens is 447 g/mol. The smallest absolute Gasteiger partial charge is 0.203 e. The highest BCUT2D eigenvalue weighted by Gasteiger charge is 2.17. The van der Waals surface area contributed by atoms with Crippen molar-refractivity contribution in [2.24, 2.45) is 4.99 Å². The van der Waals surface area contributed by atoms with Crippen LogP contribution in [0, 0.1) is 0 Å². The van der Waals surface area contributed by atoms with Crippen molar-refractivity contribution in [2.75, 3.05) is 35.0 Å². The molecule has 1 aromatic heterocycles. The van der Waals surface area contributed by atoms with Crippen molar-refractivity contribution in [2.45, 2.75) is 6.54 Å². The van der Waals surface area contributed by atoms with Crippen LogP contribution in [0.3, 0.4) is 0 Å². The zero-order valence-corrected chi connectivity index (χ0v) is 19.4. The fourth-order valence-electron chi connectivity index (χ4n) is 2.95. The third-order valence-corrected chi connectivity index (χ3v) is 5.80. The molecule has 0 N–H and O–H groups in total. The minimum absolute atomic E-state index is 0.489. The van der Waals surface area contributed by atoms with Crippen LogP contribution in [0.25, 0.3) is 11.3 Å². The van der Waals surface area contributed by atoms with E-state index in [1.807, 2.05) is 17.5 Å². The van der Waals surface area contributed by atoms with Crippen molar-refractivity contribution < 1.29 is 18.9 Å². The fraction of sp³-hybridized carbons (Fsp3) is 0.286. The summed E-state index contributed by atoms with van der Waals surface area (Å²) in [6.45, 7) is 1.13. The van der Waals surface area contributed by atoms with Gasteiger partial charge in [-0.25, -0.2) is 4.99 Å². The molecule has 1 heterocycles. The second-order valence-electron chi connectivity index (χ2n) is 6.17. The van der Waals surface area contributed by atoms with Gasteiger partial charge in [-0.15, -0.1) is 11.3 Å². The minimum Gasteiger partial charge on any atom is -0.493 e. The molecule has 0 atom stereocenters. The van der Waals surface area contributed by atoms with Gasteiger partial charge in [-0.3, -0.25) is 0 Å². The Morgan fingerprint density at radius 1 is 0.967 bits per heavy atom. The second kappa shape index (κ2) is 10.2. The summed E-state index contributed by atoms with van der Waals surface area (Å²) in [6, 6.07) is 9.05. The summed E-state index contributed by atoms with van der Waals surface area (Å²) in [5, 5.41) is 3.08. The highest BCUT2D eigenvalue weighted by Crippen LogP contribution is 2.41. The largest absolute Gasteiger partial charge is 0.493 e. The van der Waals surface area contributed by atoms with E-state index >= 15 is 0 Å². The number of ether oxygens (including phenoxy) is 4. The number of methoxy groups -OCH3 is 4. The Morgan fingerprint density at radius 2 is 1.67 bits per heavy atom. The van der Waals surface area contributed by atoms with E-state index in [2.05, 4.69) is 4.57 Å². The molecule has 160 valence electrons. The maximum absolute atomic E-state index is 6.32. The molecule has 6 nitrogen and oxygen atoms in total. The Bertz CT molecular complexity index is 1070. The predicted molar refractivity (Wildman–Crippen MR) is 121 cm³/mol. The third kappa shape index (κ3) is 4.75. The monoisotopic (exact) mass is 468 g/mol. The Kier molecular flexibility index (Phi) is 7.66. The quantitative estimate of drug-likeness (QED) is 0.442. The molecule has 30 heavy (non-hydrogen) atoms. The third-order valence-electron chi connectivity index (χ3n) is 4.40. The first kappa shape index (κ1) is 22.5. The van der Waals surface area contributed by atoms with Gasteiger partial charge in [0.25, 0.3) is 0 Å². The number of aromatic nitrogens is 1. The summed E-state index contributed by atoms with van der Waals surface area (Å²) in [5.41, 5.74) is 2.49. The van der Waals surface area contributed by atoms with E-state index in [9.17, 15) is 0 Å². The van der Waals surface area contributed by atoms with Gasteiger partial charge in [-0.05, 0) is 30.3 Å². The van der Waals surface area contributed by atoms with E-state index in [1.54, 1.807) is 46.6 Å². The van der Waals surface area contributed by atoms with Gasteiger partial charge in [0.05, 0.1) is 44.3 Å². The number of thiazole rings is 1. The lowest BCUT2D eigenvalue weighted by Crippen LogP contribution is -2.18. The zero-order valence-electron chi connectivity index (χ0n) is 17.1. The summed E-state index contributed by atoms with van der Waals surface area (Å²) < 4.78 is 23.8. The van der Waals surface area contributed by atoms with Crippen molar-refractivity contribution in [3.8, 4) is 28.5 Å². The first-order chi connectivity index (χ1) is 14.5. The lowest BCUT2D eigenvalue weighted by atomic mass is 10.1. The van der Waals surface area contributed by atoms with Crippen molar-refractivity contribution >= 4 is 40.2 Å². The Balaban J connectivity index is 2.18. The molecule has 0 aliphatic rings. The van der Waals surface area contributed by atoms with Crippen LogP contribution in [-0.4, -0.2) is 39.6 Å². The van der Waals surface area contributed by atoms with Gasteiger partial charge >= 0.3 is 0 Å². The van der Waals surface area contributed by atoms with Crippen molar-refractivity contribution in [3.63, 3.8) is 0 Å². The second-order valence-corrected chi connectivity index (χ2v) is 7.85. The van der Waals surface area contributed by atoms with Gasteiger partial charge < -0.3 is 23.5 Å². The first-order valence-electron chi connectivity index (χ1n) is 8.99. The molecule has 0 bridgehead atoms.